The number of carbonyl (C=O) groups is 2. The van der Waals surface area contributed by atoms with E-state index in [4.69, 9.17) is 4.74 Å². The number of carbonyl (C=O) groups excluding carboxylic acids is 2. The smallest absolute Gasteiger partial charge is 0.296 e. The van der Waals surface area contributed by atoms with Gasteiger partial charge in [-0.3, -0.25) is 9.59 Å². The van der Waals surface area contributed by atoms with Crippen LogP contribution in [0.3, 0.4) is 0 Å². The highest BCUT2D eigenvalue weighted by atomic mass is 32.2. The molecule has 1 fully saturated rings. The monoisotopic (exact) mass is 400 g/mol. The summed E-state index contributed by atoms with van der Waals surface area (Å²) in [5.74, 6) is -0.760. The van der Waals surface area contributed by atoms with E-state index in [0.29, 0.717) is 24.4 Å². The number of rotatable bonds is 5. The molecule has 2 heterocycles. The first-order valence-corrected chi connectivity index (χ1v) is 10.6. The number of anilines is 1. The standard InChI is InChI=1S/C20H20N2O5S/c23-19-17-12-16(9-10-18(17)21-20(19)24)28(25,26)22-11-5-4-6-14(22)13-27-15-7-2-1-3-8-15/h1-3,7-10,12,14H,4-6,11,13H2,(H,21,23,24). The number of piperidine rings is 1. The zero-order chi connectivity index (χ0) is 19.7. The zero-order valence-corrected chi connectivity index (χ0v) is 15.9. The normalized spacial score (nSPS) is 19.9. The highest BCUT2D eigenvalue weighted by molar-refractivity contribution is 7.89. The molecule has 1 saturated heterocycles. The fourth-order valence-electron chi connectivity index (χ4n) is 3.58. The number of ether oxygens (including phenoxy) is 1. The van der Waals surface area contributed by atoms with Crippen LogP contribution in [0.25, 0.3) is 0 Å². The molecule has 0 spiro atoms. The summed E-state index contributed by atoms with van der Waals surface area (Å²) in [5, 5.41) is 2.44. The number of Topliss-reactive ketones (excluding diaryl/α,β-unsaturated/α-hetero) is 1. The maximum absolute atomic E-state index is 13.3. The van der Waals surface area contributed by atoms with E-state index < -0.39 is 21.7 Å². The Kier molecular flexibility index (Phi) is 4.91. The molecule has 1 atom stereocenters. The number of hydrogen-bond donors (Lipinski definition) is 1. The van der Waals surface area contributed by atoms with Gasteiger partial charge < -0.3 is 10.1 Å². The van der Waals surface area contributed by atoms with E-state index in [1.807, 2.05) is 30.3 Å². The molecule has 1 amide bonds. The van der Waals surface area contributed by atoms with Crippen LogP contribution in [-0.2, 0) is 14.8 Å². The van der Waals surface area contributed by atoms with Crippen molar-refractivity contribution in [3.05, 3.63) is 54.1 Å². The molecule has 7 nitrogen and oxygen atoms in total. The van der Waals surface area contributed by atoms with Crippen LogP contribution in [0.15, 0.2) is 53.4 Å². The molecule has 4 rings (SSSR count). The maximum atomic E-state index is 13.3. The van der Waals surface area contributed by atoms with E-state index >= 15 is 0 Å². The fourth-order valence-corrected chi connectivity index (χ4v) is 5.29. The molecule has 8 heteroatoms. The van der Waals surface area contributed by atoms with Gasteiger partial charge in [-0.15, -0.1) is 0 Å². The van der Waals surface area contributed by atoms with Crippen molar-refractivity contribution in [2.75, 3.05) is 18.5 Å². The molecule has 2 aromatic rings. The van der Waals surface area contributed by atoms with Crippen molar-refractivity contribution in [1.82, 2.24) is 4.31 Å². The number of amides is 1. The molecule has 146 valence electrons. The number of hydrogen-bond acceptors (Lipinski definition) is 5. The first-order chi connectivity index (χ1) is 13.5. The predicted molar refractivity (Wildman–Crippen MR) is 103 cm³/mol. The first kappa shape index (κ1) is 18.6. The molecule has 2 aliphatic rings. The molecular formula is C20H20N2O5S. The van der Waals surface area contributed by atoms with E-state index in [0.717, 1.165) is 12.8 Å². The van der Waals surface area contributed by atoms with Gasteiger partial charge in [-0.1, -0.05) is 24.6 Å². The third-order valence-electron chi connectivity index (χ3n) is 5.06. The van der Waals surface area contributed by atoms with E-state index in [9.17, 15) is 18.0 Å². The van der Waals surface area contributed by atoms with Crippen LogP contribution in [0.1, 0.15) is 29.6 Å². The van der Waals surface area contributed by atoms with E-state index in [2.05, 4.69) is 5.32 Å². The lowest BCUT2D eigenvalue weighted by atomic mass is 10.1. The summed E-state index contributed by atoms with van der Waals surface area (Å²) in [5.41, 5.74) is 0.441. The van der Waals surface area contributed by atoms with Gasteiger partial charge in [-0.05, 0) is 43.2 Å². The van der Waals surface area contributed by atoms with Gasteiger partial charge in [0.2, 0.25) is 10.0 Å². The minimum Gasteiger partial charge on any atom is -0.492 e. The average molecular weight is 400 g/mol. The lowest BCUT2D eigenvalue weighted by Crippen LogP contribution is -2.46. The molecule has 0 bridgehead atoms. The highest BCUT2D eigenvalue weighted by Gasteiger charge is 2.36. The first-order valence-electron chi connectivity index (χ1n) is 9.16. The Hall–Kier alpha value is -2.71. The van der Waals surface area contributed by atoms with Gasteiger partial charge >= 0.3 is 0 Å². The average Bonchev–Trinajstić information content (AvgIpc) is 3.01. The number of fused-ring (bicyclic) bond motifs is 1. The van der Waals surface area contributed by atoms with Crippen molar-refractivity contribution in [1.29, 1.82) is 0 Å². The van der Waals surface area contributed by atoms with Crippen molar-refractivity contribution >= 4 is 27.4 Å². The summed E-state index contributed by atoms with van der Waals surface area (Å²) in [6.45, 7) is 0.653. The van der Waals surface area contributed by atoms with Gasteiger partial charge in [0.1, 0.15) is 12.4 Å². The van der Waals surface area contributed by atoms with E-state index in [1.165, 1.54) is 22.5 Å². The van der Waals surface area contributed by atoms with Crippen molar-refractivity contribution in [2.45, 2.75) is 30.2 Å². The largest absolute Gasteiger partial charge is 0.492 e. The van der Waals surface area contributed by atoms with Crippen LogP contribution in [0, 0.1) is 0 Å². The van der Waals surface area contributed by atoms with Gasteiger partial charge in [0, 0.05) is 6.54 Å². The Bertz CT molecular complexity index is 1020. The van der Waals surface area contributed by atoms with Gasteiger partial charge in [0.05, 0.1) is 22.2 Å². The third kappa shape index (κ3) is 3.41. The van der Waals surface area contributed by atoms with Crippen LogP contribution in [0.4, 0.5) is 5.69 Å². The topological polar surface area (TPSA) is 92.8 Å². The summed E-state index contributed by atoms with van der Waals surface area (Å²) in [4.78, 5) is 23.5. The molecule has 1 unspecified atom stereocenters. The summed E-state index contributed by atoms with van der Waals surface area (Å²) in [6.07, 6.45) is 2.40. The van der Waals surface area contributed by atoms with Crippen molar-refractivity contribution in [3.8, 4) is 5.75 Å². The molecule has 0 aliphatic carbocycles. The Morgan fingerprint density at radius 1 is 1.07 bits per heavy atom. The van der Waals surface area contributed by atoms with Crippen molar-refractivity contribution < 1.29 is 22.7 Å². The zero-order valence-electron chi connectivity index (χ0n) is 15.1. The summed E-state index contributed by atoms with van der Waals surface area (Å²) < 4.78 is 33.8. The lowest BCUT2D eigenvalue weighted by Gasteiger charge is -2.34. The van der Waals surface area contributed by atoms with Crippen LogP contribution < -0.4 is 10.1 Å². The molecule has 0 aromatic heterocycles. The number of ketones is 1. The fraction of sp³-hybridized carbons (Fsp3) is 0.300. The van der Waals surface area contributed by atoms with Gasteiger partial charge in [0.15, 0.2) is 0 Å². The Morgan fingerprint density at radius 2 is 1.86 bits per heavy atom. The number of sulfonamides is 1. The molecule has 2 aliphatic heterocycles. The van der Waals surface area contributed by atoms with E-state index in [1.54, 1.807) is 0 Å². The number of para-hydroxylation sites is 1. The number of benzene rings is 2. The Morgan fingerprint density at radius 3 is 2.64 bits per heavy atom. The van der Waals surface area contributed by atoms with Crippen LogP contribution in [-0.4, -0.2) is 43.6 Å². The number of nitrogens with zero attached hydrogens (tertiary/aromatic N) is 1. The second kappa shape index (κ2) is 7.37. The van der Waals surface area contributed by atoms with Gasteiger partial charge in [0.25, 0.3) is 11.7 Å². The predicted octanol–water partition coefficient (Wildman–Crippen LogP) is 2.44. The summed E-state index contributed by atoms with van der Waals surface area (Å²) >= 11 is 0. The second-order valence-electron chi connectivity index (χ2n) is 6.88. The van der Waals surface area contributed by atoms with Crippen molar-refractivity contribution in [2.24, 2.45) is 0 Å². The minimum absolute atomic E-state index is 0.0164. The van der Waals surface area contributed by atoms with E-state index in [-0.39, 0.29) is 23.1 Å². The Labute approximate surface area is 163 Å². The summed E-state index contributed by atoms with van der Waals surface area (Å²) in [7, 11) is -3.82. The van der Waals surface area contributed by atoms with Crippen LogP contribution in [0.2, 0.25) is 0 Å². The molecule has 2 aromatic carbocycles. The quantitative estimate of drug-likeness (QED) is 0.778. The molecule has 0 radical (unpaired) electrons. The number of nitrogens with one attached hydrogen (secondary N) is 1. The minimum atomic E-state index is -3.82. The highest BCUT2D eigenvalue weighted by Crippen LogP contribution is 2.30. The maximum Gasteiger partial charge on any atom is 0.296 e. The van der Waals surface area contributed by atoms with Crippen LogP contribution >= 0.6 is 0 Å². The molecule has 28 heavy (non-hydrogen) atoms. The lowest BCUT2D eigenvalue weighted by molar-refractivity contribution is -0.112. The van der Waals surface area contributed by atoms with Gasteiger partial charge in [-0.25, -0.2) is 8.42 Å². The summed E-state index contributed by atoms with van der Waals surface area (Å²) in [6, 6.07) is 13.2. The van der Waals surface area contributed by atoms with Gasteiger partial charge in [-0.2, -0.15) is 4.31 Å². The van der Waals surface area contributed by atoms with Crippen LogP contribution in [0.5, 0.6) is 5.75 Å². The Balaban J connectivity index is 1.58. The molecule has 0 saturated carbocycles. The molecule has 1 N–H and O–H groups in total. The second-order valence-corrected chi connectivity index (χ2v) is 8.77. The third-order valence-corrected chi connectivity index (χ3v) is 7.00. The van der Waals surface area contributed by atoms with Crippen molar-refractivity contribution in [3.63, 3.8) is 0 Å². The SMILES string of the molecule is O=C1Nc2ccc(S(=O)(=O)N3CCCCC3COc3ccccc3)cc2C1=O. The molecular weight excluding hydrogens is 380 g/mol.